The first-order valence-corrected chi connectivity index (χ1v) is 3.39. The van der Waals surface area contributed by atoms with Gasteiger partial charge in [0.1, 0.15) is 11.1 Å². The number of hydrogen-bond acceptors (Lipinski definition) is 3. The van der Waals surface area contributed by atoms with Gasteiger partial charge in [0.2, 0.25) is 0 Å². The van der Waals surface area contributed by atoms with Crippen molar-refractivity contribution in [2.75, 3.05) is 0 Å². The molecule has 1 aromatic carbocycles. The van der Waals surface area contributed by atoms with Crippen LogP contribution in [0.5, 0.6) is 5.75 Å². The number of aromatic hydroxyl groups is 1. The molecule has 0 unspecified atom stereocenters. The Balaban J connectivity index is 2.96. The summed E-state index contributed by atoms with van der Waals surface area (Å²) in [4.78, 5) is 0. The van der Waals surface area contributed by atoms with E-state index in [0.717, 1.165) is 0 Å². The number of rotatable bonds is 0. The SMILES string of the molecule is Oc1cccc2onc(Cl)c12. The second-order valence-electron chi connectivity index (χ2n) is 2.12. The molecule has 0 saturated carbocycles. The molecular weight excluding hydrogens is 166 g/mol. The molecule has 0 atom stereocenters. The predicted octanol–water partition coefficient (Wildman–Crippen LogP) is 2.19. The molecule has 0 amide bonds. The van der Waals surface area contributed by atoms with Crippen molar-refractivity contribution in [2.24, 2.45) is 0 Å². The number of phenolic OH excluding ortho intramolecular Hbond substituents is 1. The summed E-state index contributed by atoms with van der Waals surface area (Å²) >= 11 is 5.61. The molecule has 3 nitrogen and oxygen atoms in total. The predicted molar refractivity (Wildman–Crippen MR) is 40.7 cm³/mol. The van der Waals surface area contributed by atoms with Crippen LogP contribution in [0.15, 0.2) is 22.7 Å². The average molecular weight is 170 g/mol. The fraction of sp³-hybridized carbons (Fsp3) is 0. The maximum atomic E-state index is 9.26. The van der Waals surface area contributed by atoms with Gasteiger partial charge in [-0.2, -0.15) is 0 Å². The van der Waals surface area contributed by atoms with Gasteiger partial charge in [-0.3, -0.25) is 0 Å². The Morgan fingerprint density at radius 3 is 3.00 bits per heavy atom. The van der Waals surface area contributed by atoms with Crippen LogP contribution in [0, 0.1) is 0 Å². The number of aromatic nitrogens is 1. The Kier molecular flexibility index (Phi) is 1.26. The van der Waals surface area contributed by atoms with E-state index in [-0.39, 0.29) is 10.9 Å². The van der Waals surface area contributed by atoms with Crippen LogP contribution in [0.4, 0.5) is 0 Å². The first-order chi connectivity index (χ1) is 5.29. The van der Waals surface area contributed by atoms with Gasteiger partial charge in [-0.1, -0.05) is 22.8 Å². The van der Waals surface area contributed by atoms with E-state index in [9.17, 15) is 5.11 Å². The lowest BCUT2D eigenvalue weighted by molar-refractivity contribution is 0.456. The molecule has 0 aliphatic rings. The summed E-state index contributed by atoms with van der Waals surface area (Å²) in [6.45, 7) is 0. The maximum absolute atomic E-state index is 9.26. The van der Waals surface area contributed by atoms with Crippen LogP contribution in [-0.2, 0) is 0 Å². The molecule has 1 aromatic heterocycles. The Hall–Kier alpha value is -1.22. The Bertz CT molecular complexity index is 396. The third-order valence-electron chi connectivity index (χ3n) is 1.43. The summed E-state index contributed by atoms with van der Waals surface area (Å²) in [7, 11) is 0. The molecule has 0 spiro atoms. The minimum absolute atomic E-state index is 0.0914. The molecule has 0 saturated heterocycles. The van der Waals surface area contributed by atoms with Gasteiger partial charge in [0.25, 0.3) is 0 Å². The largest absolute Gasteiger partial charge is 0.507 e. The third kappa shape index (κ3) is 0.851. The molecular formula is C7H4ClNO2. The quantitative estimate of drug-likeness (QED) is 0.658. The molecule has 56 valence electrons. The molecule has 0 radical (unpaired) electrons. The van der Waals surface area contributed by atoms with E-state index in [2.05, 4.69) is 5.16 Å². The molecule has 2 aromatic rings. The lowest BCUT2D eigenvalue weighted by Crippen LogP contribution is -1.66. The van der Waals surface area contributed by atoms with Crippen LogP contribution in [-0.4, -0.2) is 10.3 Å². The van der Waals surface area contributed by atoms with Gasteiger partial charge in [0.05, 0.1) is 0 Å². The normalized spacial score (nSPS) is 10.6. The second kappa shape index (κ2) is 2.13. The van der Waals surface area contributed by atoms with E-state index in [1.165, 1.54) is 6.07 Å². The minimum Gasteiger partial charge on any atom is -0.507 e. The van der Waals surface area contributed by atoms with Crippen molar-refractivity contribution in [3.8, 4) is 5.75 Å². The van der Waals surface area contributed by atoms with Crippen LogP contribution in [0.3, 0.4) is 0 Å². The van der Waals surface area contributed by atoms with E-state index in [4.69, 9.17) is 16.1 Å². The van der Waals surface area contributed by atoms with Crippen molar-refractivity contribution in [3.63, 3.8) is 0 Å². The highest BCUT2D eigenvalue weighted by atomic mass is 35.5. The molecule has 11 heavy (non-hydrogen) atoms. The van der Waals surface area contributed by atoms with Crippen molar-refractivity contribution >= 4 is 22.6 Å². The smallest absolute Gasteiger partial charge is 0.183 e. The highest BCUT2D eigenvalue weighted by Crippen LogP contribution is 2.30. The Labute approximate surface area is 67.2 Å². The van der Waals surface area contributed by atoms with Gasteiger partial charge in [-0.15, -0.1) is 0 Å². The van der Waals surface area contributed by atoms with Crippen LogP contribution in [0.1, 0.15) is 0 Å². The number of halogens is 1. The van der Waals surface area contributed by atoms with E-state index >= 15 is 0 Å². The standard InChI is InChI=1S/C7H4ClNO2/c8-7-6-4(10)2-1-3-5(6)11-9-7/h1-3,10H. The second-order valence-corrected chi connectivity index (χ2v) is 2.48. The number of fused-ring (bicyclic) bond motifs is 1. The van der Waals surface area contributed by atoms with Crippen LogP contribution in [0.2, 0.25) is 5.15 Å². The van der Waals surface area contributed by atoms with Crippen LogP contribution >= 0.6 is 11.6 Å². The van der Waals surface area contributed by atoms with E-state index in [1.54, 1.807) is 12.1 Å². The first kappa shape index (κ1) is 6.49. The zero-order valence-electron chi connectivity index (χ0n) is 5.41. The maximum Gasteiger partial charge on any atom is 0.183 e. The third-order valence-corrected chi connectivity index (χ3v) is 1.69. The van der Waals surface area contributed by atoms with Crippen molar-refractivity contribution in [1.82, 2.24) is 5.16 Å². The Morgan fingerprint density at radius 1 is 1.45 bits per heavy atom. The number of phenols is 1. The topological polar surface area (TPSA) is 46.3 Å². The summed E-state index contributed by atoms with van der Waals surface area (Å²) in [5, 5.41) is 13.4. The molecule has 1 N–H and O–H groups in total. The zero-order chi connectivity index (χ0) is 7.84. The molecule has 1 heterocycles. The zero-order valence-corrected chi connectivity index (χ0v) is 6.17. The first-order valence-electron chi connectivity index (χ1n) is 3.02. The van der Waals surface area contributed by atoms with Gasteiger partial charge in [0.15, 0.2) is 10.7 Å². The van der Waals surface area contributed by atoms with Crippen molar-refractivity contribution in [1.29, 1.82) is 0 Å². The summed E-state index contributed by atoms with van der Waals surface area (Å²) in [5.41, 5.74) is 0.495. The van der Waals surface area contributed by atoms with Crippen LogP contribution < -0.4 is 0 Å². The number of benzene rings is 1. The van der Waals surface area contributed by atoms with Gasteiger partial charge in [0, 0.05) is 0 Å². The van der Waals surface area contributed by atoms with E-state index in [0.29, 0.717) is 11.0 Å². The van der Waals surface area contributed by atoms with Crippen LogP contribution in [0.25, 0.3) is 11.0 Å². The summed E-state index contributed by atoms with van der Waals surface area (Å²) < 4.78 is 4.79. The number of nitrogens with zero attached hydrogens (tertiary/aromatic N) is 1. The molecule has 0 fully saturated rings. The fourth-order valence-corrected chi connectivity index (χ4v) is 1.16. The average Bonchev–Trinajstić information content (AvgIpc) is 2.34. The summed E-state index contributed by atoms with van der Waals surface area (Å²) in [5.74, 6) is 0.0914. The fourth-order valence-electron chi connectivity index (χ4n) is 0.938. The van der Waals surface area contributed by atoms with Gasteiger partial charge < -0.3 is 9.63 Å². The molecule has 0 aliphatic heterocycles. The van der Waals surface area contributed by atoms with Crippen molar-refractivity contribution < 1.29 is 9.63 Å². The minimum atomic E-state index is 0.0914. The van der Waals surface area contributed by atoms with Gasteiger partial charge in [-0.05, 0) is 12.1 Å². The Morgan fingerprint density at radius 2 is 2.27 bits per heavy atom. The monoisotopic (exact) mass is 169 g/mol. The number of hydrogen-bond donors (Lipinski definition) is 1. The van der Waals surface area contributed by atoms with Gasteiger partial charge >= 0.3 is 0 Å². The molecule has 0 bridgehead atoms. The molecule has 0 aliphatic carbocycles. The lowest BCUT2D eigenvalue weighted by atomic mass is 10.2. The van der Waals surface area contributed by atoms with Gasteiger partial charge in [-0.25, -0.2) is 0 Å². The highest BCUT2D eigenvalue weighted by molar-refractivity contribution is 6.34. The molecule has 4 heteroatoms. The summed E-state index contributed by atoms with van der Waals surface area (Å²) in [6, 6.07) is 4.89. The highest BCUT2D eigenvalue weighted by Gasteiger charge is 2.08. The lowest BCUT2D eigenvalue weighted by Gasteiger charge is -1.89. The molecule has 2 rings (SSSR count). The van der Waals surface area contributed by atoms with E-state index in [1.807, 2.05) is 0 Å². The van der Waals surface area contributed by atoms with E-state index < -0.39 is 0 Å². The summed E-state index contributed by atoms with van der Waals surface area (Å²) in [6.07, 6.45) is 0. The van der Waals surface area contributed by atoms with Crippen molar-refractivity contribution in [3.05, 3.63) is 23.4 Å². The van der Waals surface area contributed by atoms with Crippen molar-refractivity contribution in [2.45, 2.75) is 0 Å².